The number of nitrogens with one attached hydrogen (secondary N) is 1. The van der Waals surface area contributed by atoms with Gasteiger partial charge in [0.2, 0.25) is 0 Å². The van der Waals surface area contributed by atoms with E-state index in [0.29, 0.717) is 23.1 Å². The average molecular weight is 387 g/mol. The Morgan fingerprint density at radius 2 is 1.79 bits per heavy atom. The third-order valence-corrected chi connectivity index (χ3v) is 5.33. The zero-order chi connectivity index (χ0) is 20.0. The van der Waals surface area contributed by atoms with Crippen LogP contribution in [0.2, 0.25) is 0 Å². The molecule has 1 fully saturated rings. The van der Waals surface area contributed by atoms with Crippen molar-refractivity contribution in [2.75, 3.05) is 20.1 Å². The average Bonchev–Trinajstić information content (AvgIpc) is 3.26. The molecule has 3 heterocycles. The molecule has 0 atom stereocenters. The molecule has 2 aromatic carbocycles. The van der Waals surface area contributed by atoms with Crippen LogP contribution in [0, 0.1) is 0 Å². The maximum Gasteiger partial charge on any atom is 0.269 e. The molecule has 1 saturated heterocycles. The van der Waals surface area contributed by atoms with E-state index in [1.165, 1.54) is 0 Å². The minimum Gasteiger partial charge on any atom is -0.457 e. The summed E-state index contributed by atoms with van der Waals surface area (Å²) in [7, 11) is 2.09. The second-order valence-corrected chi connectivity index (χ2v) is 7.42. The Morgan fingerprint density at radius 1 is 1.10 bits per heavy atom. The van der Waals surface area contributed by atoms with Crippen LogP contribution in [-0.2, 0) is 0 Å². The monoisotopic (exact) mass is 387 g/mol. The SMILES string of the molecule is CN1CC(c2c[nH]n3c(C(N)=O)c(-c4ccc(Oc5ccccc5)cc4)nc23)C1. The summed E-state index contributed by atoms with van der Waals surface area (Å²) < 4.78 is 7.54. The molecule has 0 unspecified atom stereocenters. The minimum absolute atomic E-state index is 0.357. The van der Waals surface area contributed by atoms with Crippen LogP contribution in [-0.4, -0.2) is 45.5 Å². The number of rotatable bonds is 5. The van der Waals surface area contributed by atoms with E-state index < -0.39 is 5.91 Å². The van der Waals surface area contributed by atoms with Crippen molar-refractivity contribution in [3.63, 3.8) is 0 Å². The Balaban J connectivity index is 1.50. The number of ether oxygens (including phenoxy) is 1. The largest absolute Gasteiger partial charge is 0.457 e. The number of aromatic amines is 1. The fraction of sp³-hybridized carbons (Fsp3) is 0.182. The lowest BCUT2D eigenvalue weighted by Crippen LogP contribution is -2.41. The fourth-order valence-electron chi connectivity index (χ4n) is 3.87. The van der Waals surface area contributed by atoms with Crippen molar-refractivity contribution in [3.8, 4) is 22.8 Å². The molecule has 5 rings (SSSR count). The first kappa shape index (κ1) is 17.5. The van der Waals surface area contributed by atoms with Crippen molar-refractivity contribution in [3.05, 3.63) is 72.1 Å². The molecule has 1 aliphatic heterocycles. The van der Waals surface area contributed by atoms with E-state index in [9.17, 15) is 4.79 Å². The van der Waals surface area contributed by atoms with Gasteiger partial charge in [-0.25, -0.2) is 9.50 Å². The van der Waals surface area contributed by atoms with Crippen molar-refractivity contribution in [2.24, 2.45) is 5.73 Å². The number of nitrogens with zero attached hydrogens (tertiary/aromatic N) is 3. The summed E-state index contributed by atoms with van der Waals surface area (Å²) in [5.41, 5.74) is 9.31. The Labute approximate surface area is 167 Å². The Bertz CT molecular complexity index is 1170. The lowest BCUT2D eigenvalue weighted by Gasteiger charge is -2.35. The standard InChI is InChI=1S/C22H21N5O2/c1-26-12-15(13-26)18-11-24-27-20(21(23)28)19(25-22(18)27)14-7-9-17(10-8-14)29-16-5-3-2-4-6-16/h2-11,15,24H,12-13H2,1H3,(H2,23,28). The van der Waals surface area contributed by atoms with E-state index in [0.717, 1.165) is 35.6 Å². The van der Waals surface area contributed by atoms with Crippen molar-refractivity contribution in [2.45, 2.75) is 5.92 Å². The third kappa shape index (κ3) is 3.05. The van der Waals surface area contributed by atoms with Crippen LogP contribution in [0.3, 0.4) is 0 Å². The Kier molecular flexibility index (Phi) is 4.10. The van der Waals surface area contributed by atoms with Gasteiger partial charge in [-0.3, -0.25) is 9.89 Å². The highest BCUT2D eigenvalue weighted by Crippen LogP contribution is 2.33. The van der Waals surface area contributed by atoms with Gasteiger partial charge in [0.1, 0.15) is 17.2 Å². The van der Waals surface area contributed by atoms with Crippen LogP contribution >= 0.6 is 0 Å². The lowest BCUT2D eigenvalue weighted by atomic mass is 9.94. The second kappa shape index (κ2) is 6.79. The maximum absolute atomic E-state index is 12.2. The maximum atomic E-state index is 12.2. The van der Waals surface area contributed by atoms with Gasteiger partial charge in [0.25, 0.3) is 5.91 Å². The molecule has 3 N–H and O–H groups in total. The molecule has 7 nitrogen and oxygen atoms in total. The van der Waals surface area contributed by atoms with E-state index in [-0.39, 0.29) is 0 Å². The molecule has 0 aliphatic carbocycles. The molecule has 146 valence electrons. The van der Waals surface area contributed by atoms with Gasteiger partial charge in [-0.1, -0.05) is 18.2 Å². The number of carbonyl (C=O) groups excluding carboxylic acids is 1. The van der Waals surface area contributed by atoms with Gasteiger partial charge in [0, 0.05) is 36.3 Å². The van der Waals surface area contributed by atoms with Crippen molar-refractivity contribution >= 4 is 11.6 Å². The van der Waals surface area contributed by atoms with Gasteiger partial charge in [-0.05, 0) is 43.4 Å². The molecule has 1 amide bonds. The number of hydrogen-bond acceptors (Lipinski definition) is 4. The number of carbonyl (C=O) groups is 1. The topological polar surface area (TPSA) is 88.7 Å². The van der Waals surface area contributed by atoms with Crippen molar-refractivity contribution < 1.29 is 9.53 Å². The number of nitrogens with two attached hydrogens (primary N) is 1. The Hall–Kier alpha value is -3.58. The van der Waals surface area contributed by atoms with Crippen LogP contribution in [0.15, 0.2) is 60.8 Å². The number of imidazole rings is 1. The van der Waals surface area contributed by atoms with Gasteiger partial charge >= 0.3 is 0 Å². The summed E-state index contributed by atoms with van der Waals surface area (Å²) in [6.07, 6.45) is 1.92. The predicted molar refractivity (Wildman–Crippen MR) is 110 cm³/mol. The summed E-state index contributed by atoms with van der Waals surface area (Å²) >= 11 is 0. The first-order valence-corrected chi connectivity index (χ1v) is 9.51. The van der Waals surface area contributed by atoms with E-state index in [1.54, 1.807) is 4.52 Å². The summed E-state index contributed by atoms with van der Waals surface area (Å²) in [5.74, 6) is 1.37. The number of likely N-dealkylation sites (N-methyl/N-ethyl adjacent to an activating group) is 1. The van der Waals surface area contributed by atoms with Gasteiger partial charge in [-0.15, -0.1) is 0 Å². The normalized spacial score (nSPS) is 14.8. The number of primary amides is 1. The van der Waals surface area contributed by atoms with Crippen LogP contribution in [0.25, 0.3) is 16.9 Å². The number of para-hydroxylation sites is 1. The van der Waals surface area contributed by atoms with Gasteiger partial charge < -0.3 is 15.4 Å². The summed E-state index contributed by atoms with van der Waals surface area (Å²) in [6.45, 7) is 1.96. The van der Waals surface area contributed by atoms with E-state index >= 15 is 0 Å². The molecule has 2 aromatic heterocycles. The predicted octanol–water partition coefficient (Wildman–Crippen LogP) is 3.25. The molecule has 0 saturated carbocycles. The third-order valence-electron chi connectivity index (χ3n) is 5.33. The molecule has 29 heavy (non-hydrogen) atoms. The van der Waals surface area contributed by atoms with Crippen molar-refractivity contribution in [1.29, 1.82) is 0 Å². The zero-order valence-electron chi connectivity index (χ0n) is 16.0. The highest BCUT2D eigenvalue weighted by molar-refractivity contribution is 5.98. The van der Waals surface area contributed by atoms with Gasteiger partial charge in [-0.2, -0.15) is 0 Å². The number of benzene rings is 2. The summed E-state index contributed by atoms with van der Waals surface area (Å²) in [4.78, 5) is 19.2. The minimum atomic E-state index is -0.517. The summed E-state index contributed by atoms with van der Waals surface area (Å²) in [6, 6.07) is 17.1. The quantitative estimate of drug-likeness (QED) is 0.550. The number of likely N-dealkylation sites (tertiary alicyclic amines) is 1. The highest BCUT2D eigenvalue weighted by Gasteiger charge is 2.30. The second-order valence-electron chi connectivity index (χ2n) is 7.42. The number of aromatic nitrogens is 3. The molecule has 1 aliphatic rings. The van der Waals surface area contributed by atoms with Gasteiger partial charge in [0.15, 0.2) is 11.3 Å². The van der Waals surface area contributed by atoms with Crippen molar-refractivity contribution in [1.82, 2.24) is 19.5 Å². The molecule has 7 heteroatoms. The zero-order valence-corrected chi connectivity index (χ0v) is 16.0. The number of amides is 1. The highest BCUT2D eigenvalue weighted by atomic mass is 16.5. The fourth-order valence-corrected chi connectivity index (χ4v) is 3.87. The first-order valence-electron chi connectivity index (χ1n) is 9.51. The smallest absolute Gasteiger partial charge is 0.269 e. The van der Waals surface area contributed by atoms with E-state index in [1.807, 2.05) is 60.8 Å². The number of fused-ring (bicyclic) bond motifs is 1. The van der Waals surface area contributed by atoms with E-state index in [4.69, 9.17) is 15.5 Å². The van der Waals surface area contributed by atoms with Crippen LogP contribution in [0.4, 0.5) is 0 Å². The molecular weight excluding hydrogens is 366 g/mol. The van der Waals surface area contributed by atoms with Crippen LogP contribution < -0.4 is 10.5 Å². The first-order chi connectivity index (χ1) is 14.1. The number of hydrogen-bond donors (Lipinski definition) is 2. The molecule has 4 aromatic rings. The molecular formula is C22H21N5O2. The molecule has 0 bridgehead atoms. The van der Waals surface area contributed by atoms with Crippen LogP contribution in [0.1, 0.15) is 22.0 Å². The molecule has 0 spiro atoms. The van der Waals surface area contributed by atoms with Gasteiger partial charge in [0.05, 0.1) is 0 Å². The van der Waals surface area contributed by atoms with Crippen LogP contribution in [0.5, 0.6) is 11.5 Å². The number of H-pyrrole nitrogens is 1. The lowest BCUT2D eigenvalue weighted by molar-refractivity contribution is 0.0994. The summed E-state index contributed by atoms with van der Waals surface area (Å²) in [5, 5.41) is 3.15. The van der Waals surface area contributed by atoms with E-state index in [2.05, 4.69) is 17.0 Å². The Morgan fingerprint density at radius 3 is 2.45 bits per heavy atom. The molecule has 0 radical (unpaired) electrons.